The molecule has 490 valence electrons. The number of thiazole rings is 1. The van der Waals surface area contributed by atoms with Gasteiger partial charge in [-0.25, -0.2) is 46.5 Å². The molecular weight excluding hydrogens is 1310 g/mol. The molecule has 20 aromatic heterocycles. The number of para-hydroxylation sites is 1. The number of hydrogen-bond donors (Lipinski definition) is 0. The van der Waals surface area contributed by atoms with Gasteiger partial charge in [0.2, 0.25) is 10.5 Å². The second-order valence-corrected chi connectivity index (χ2v) is 26.8. The molecule has 0 radical (unpaired) electrons. The van der Waals surface area contributed by atoms with E-state index < -0.39 is 6.98 Å². The van der Waals surface area contributed by atoms with Crippen molar-refractivity contribution in [2.75, 3.05) is 0 Å². The van der Waals surface area contributed by atoms with E-state index in [0.717, 1.165) is 133 Å². The molecule has 5 aliphatic rings. The second-order valence-electron chi connectivity index (χ2n) is 25.8. The number of hydrogen-bond acceptors (Lipinski definition) is 12. The lowest BCUT2D eigenvalue weighted by atomic mass is 10.2. The minimum Gasteiger partial charge on any atom is -0.396 e. The molecule has 5 aliphatic heterocycles. The number of rotatable bonds is 1. The number of nitrogens with zero attached hydrogens (tertiary/aromatic N) is 23. The Labute approximate surface area is 590 Å². The molecule has 0 fully saturated rings. The molecular formula is C78H56N23OS+5. The third kappa shape index (κ3) is 8.35. The second kappa shape index (κ2) is 21.8. The fraction of sp³-hybridized carbons (Fsp3) is 0.0897. The van der Waals surface area contributed by atoms with E-state index in [1.807, 2.05) is 136 Å². The van der Waals surface area contributed by atoms with E-state index in [1.165, 1.54) is 48.7 Å². The highest BCUT2D eigenvalue weighted by molar-refractivity contribution is 7.24. The standard InChI is InChI=1S/C20H14N5.2C15H12N5.C14H9N4O.C14H9N4S/c1-2-6-14(7-3-1)25-17-9-5-11-22-19(17)24-13-18-15-8-4-10-21-16(15)12-23(18)20(24)25;2*1-18-12-5-3-7-17-14(12)20-9-13-10-4-2-6-16-11(10)8-19(13)15(18)20;2*1-3-9-10(15-5-1)7-17-8-18-11-4-2-6-16-13(11)19-14(18)12(9)17/h1-11,13H,12H2;2*2-7,9H,8H2,1H3;2*1-6,8H,7H2/q5*+1/i;1D3;;;. The number of fused-ring (bicyclic) bond motifs is 35. The molecule has 25 heterocycles. The number of aryl methyl sites for hydroxylation is 2. The zero-order chi connectivity index (χ0) is 70.2. The smallest absolute Gasteiger partial charge is 0.345 e. The van der Waals surface area contributed by atoms with Gasteiger partial charge in [0.25, 0.3) is 35.3 Å². The van der Waals surface area contributed by atoms with Gasteiger partial charge in [0, 0.05) is 74.1 Å². The first-order chi connectivity index (χ1) is 52.1. The van der Waals surface area contributed by atoms with E-state index in [4.69, 9.17) is 8.53 Å². The summed E-state index contributed by atoms with van der Waals surface area (Å²) in [6, 6.07) is 50.6. The minimum absolute atomic E-state index is 0.564. The summed E-state index contributed by atoms with van der Waals surface area (Å²) < 4.78 is 57.1. The molecule has 25 heteroatoms. The van der Waals surface area contributed by atoms with E-state index in [0.29, 0.717) is 29.2 Å². The van der Waals surface area contributed by atoms with E-state index in [-0.39, 0.29) is 0 Å². The monoisotopic (exact) mass is 1370 g/mol. The summed E-state index contributed by atoms with van der Waals surface area (Å²) in [5.41, 5.74) is 27.3. The van der Waals surface area contributed by atoms with Crippen LogP contribution in [0.15, 0.2) is 249 Å². The van der Waals surface area contributed by atoms with Crippen LogP contribution in [0.5, 0.6) is 0 Å². The number of benzene rings is 1. The molecule has 0 amide bonds. The third-order valence-electron chi connectivity index (χ3n) is 20.2. The summed E-state index contributed by atoms with van der Waals surface area (Å²) in [5.74, 6) is 2.85. The summed E-state index contributed by atoms with van der Waals surface area (Å²) in [6.07, 6.45) is 28.6. The topological polar surface area (TPSA) is 200 Å². The number of oxazole rings is 1. The van der Waals surface area contributed by atoms with Gasteiger partial charge in [0.15, 0.2) is 38.1 Å². The lowest BCUT2D eigenvalue weighted by Gasteiger charge is -2.02. The van der Waals surface area contributed by atoms with Gasteiger partial charge < -0.3 is 4.42 Å². The number of pyridine rings is 10. The molecule has 0 aliphatic carbocycles. The van der Waals surface area contributed by atoms with Crippen LogP contribution in [0.3, 0.4) is 0 Å². The van der Waals surface area contributed by atoms with Crippen molar-refractivity contribution in [2.24, 2.45) is 14.0 Å². The number of aromatic nitrogens is 23. The minimum atomic E-state index is -2.28. The zero-order valence-corrected chi connectivity index (χ0v) is 55.5. The molecule has 0 saturated carbocycles. The molecule has 1 aromatic carbocycles. The molecule has 0 bridgehead atoms. The Hall–Kier alpha value is -13.8. The van der Waals surface area contributed by atoms with E-state index in [1.54, 1.807) is 42.1 Å². The van der Waals surface area contributed by atoms with Gasteiger partial charge in [0.1, 0.15) is 49.8 Å². The third-order valence-corrected chi connectivity index (χ3v) is 21.3. The maximum Gasteiger partial charge on any atom is 0.345 e. The first kappa shape index (κ1) is 54.1. The van der Waals surface area contributed by atoms with Crippen molar-refractivity contribution in [1.29, 1.82) is 0 Å². The quantitative estimate of drug-likeness (QED) is 0.142. The summed E-state index contributed by atoms with van der Waals surface area (Å²) in [5, 5.41) is 0. The molecule has 0 atom stereocenters. The molecule has 0 unspecified atom stereocenters. The molecule has 103 heavy (non-hydrogen) atoms. The largest absolute Gasteiger partial charge is 0.396 e. The van der Waals surface area contributed by atoms with Gasteiger partial charge in [-0.15, -0.1) is 15.0 Å². The average molecular weight is 1370 g/mol. The van der Waals surface area contributed by atoms with Crippen LogP contribution in [0.1, 0.15) is 32.6 Å². The van der Waals surface area contributed by atoms with Gasteiger partial charge in [-0.1, -0.05) is 29.5 Å². The van der Waals surface area contributed by atoms with Crippen LogP contribution in [0.4, 0.5) is 0 Å². The summed E-state index contributed by atoms with van der Waals surface area (Å²) >= 11 is 1.74. The highest BCUT2D eigenvalue weighted by Crippen LogP contribution is 2.39. The molecule has 0 N–H and O–H groups in total. The van der Waals surface area contributed by atoms with Gasteiger partial charge in [-0.3, -0.25) is 24.9 Å². The van der Waals surface area contributed by atoms with Crippen molar-refractivity contribution in [3.63, 3.8) is 0 Å². The molecule has 0 spiro atoms. The predicted octanol–water partition coefficient (Wildman–Crippen LogP) is 10.1. The summed E-state index contributed by atoms with van der Waals surface area (Å²) in [7, 11) is 2.09. The van der Waals surface area contributed by atoms with Crippen molar-refractivity contribution in [1.82, 2.24) is 86.0 Å². The molecule has 21 aromatic rings. The van der Waals surface area contributed by atoms with Crippen LogP contribution in [0.2, 0.25) is 0 Å². The Balaban J connectivity index is 0.0000000830. The summed E-state index contributed by atoms with van der Waals surface area (Å²) in [6.45, 7) is 1.55. The molecule has 0 saturated heterocycles. The predicted molar refractivity (Wildman–Crippen MR) is 384 cm³/mol. The number of imidazole rings is 8. The highest BCUT2D eigenvalue weighted by Gasteiger charge is 2.38. The first-order valence-electron chi connectivity index (χ1n) is 35.1. The van der Waals surface area contributed by atoms with E-state index in [2.05, 4.69) is 189 Å². The first-order valence-corrected chi connectivity index (χ1v) is 34.4. The van der Waals surface area contributed by atoms with Gasteiger partial charge in [-0.05, 0) is 133 Å². The average Bonchev–Trinajstić information content (AvgIpc) is 1.58. The van der Waals surface area contributed by atoms with Crippen LogP contribution < -0.4 is 22.3 Å². The maximum absolute atomic E-state index is 7.94. The van der Waals surface area contributed by atoms with E-state index >= 15 is 0 Å². The van der Waals surface area contributed by atoms with Crippen LogP contribution in [-0.4, -0.2) is 86.0 Å². The lowest BCUT2D eigenvalue weighted by molar-refractivity contribution is -0.671. The van der Waals surface area contributed by atoms with Crippen LogP contribution >= 0.6 is 11.3 Å². The highest BCUT2D eigenvalue weighted by atomic mass is 32.1. The van der Waals surface area contributed by atoms with Crippen molar-refractivity contribution >= 4 is 94.3 Å². The van der Waals surface area contributed by atoms with Crippen molar-refractivity contribution in [3.05, 3.63) is 273 Å². The molecule has 24 nitrogen and oxygen atoms in total. The Morgan fingerprint density at radius 3 is 1.43 bits per heavy atom. The maximum atomic E-state index is 7.94. The zero-order valence-electron chi connectivity index (χ0n) is 57.7. The summed E-state index contributed by atoms with van der Waals surface area (Å²) in [4.78, 5) is 46.9. The normalized spacial score (nSPS) is 13.5. The lowest BCUT2D eigenvalue weighted by Crippen LogP contribution is -2.29. The van der Waals surface area contributed by atoms with Crippen LogP contribution in [-0.2, 0) is 46.7 Å². The Bertz CT molecular complexity index is 7090. The SMILES string of the molecule is Cn1c2cccnc2[n+]2cc3n(c12)Cc1ncccc1-3.[2H]C([2H])([2H])n1c2cccnc2[n+]2cc3n(c12)Cc1ncccc1-3.c1ccc(-n2c3cccnc3[n+]3cc4n(c23)Cc2ncccc2-4)cc1.c1cnc2c(c1)-c1c3oc4ncccc4n3c[n+]1C2.c1cnc2c(c1)-c1c3sc4ncccc4n3c[n+]1C2. The Kier molecular flexibility index (Phi) is 11.5. The van der Waals surface area contributed by atoms with Crippen molar-refractivity contribution in [2.45, 2.75) is 32.7 Å². The fourth-order valence-corrected chi connectivity index (χ4v) is 17.0. The van der Waals surface area contributed by atoms with Gasteiger partial charge >= 0.3 is 23.0 Å². The fourth-order valence-electron chi connectivity index (χ4n) is 15.8. The van der Waals surface area contributed by atoms with Gasteiger partial charge in [0.05, 0.1) is 86.6 Å². The van der Waals surface area contributed by atoms with Gasteiger partial charge in [-0.2, -0.15) is 22.0 Å². The van der Waals surface area contributed by atoms with Crippen molar-refractivity contribution < 1.29 is 30.9 Å². The Morgan fingerprint density at radius 2 is 0.835 bits per heavy atom. The van der Waals surface area contributed by atoms with Crippen molar-refractivity contribution in [3.8, 4) is 62.0 Å². The molecule has 26 rings (SSSR count). The Morgan fingerprint density at radius 1 is 0.398 bits per heavy atom. The van der Waals surface area contributed by atoms with Crippen LogP contribution in [0, 0.1) is 0 Å². The van der Waals surface area contributed by atoms with Crippen LogP contribution in [0.25, 0.3) is 145 Å². The van der Waals surface area contributed by atoms with E-state index in [9.17, 15) is 0 Å².